The van der Waals surface area contributed by atoms with Crippen LogP contribution in [-0.2, 0) is 0 Å². The third-order valence-corrected chi connectivity index (χ3v) is 3.86. The molecular formula is C15H18N2O2. The van der Waals surface area contributed by atoms with E-state index in [1.54, 1.807) is 6.07 Å². The molecule has 19 heavy (non-hydrogen) atoms. The second-order valence-electron chi connectivity index (χ2n) is 5.18. The predicted octanol–water partition coefficient (Wildman–Crippen LogP) is 1.70. The third-order valence-electron chi connectivity index (χ3n) is 3.86. The first-order chi connectivity index (χ1) is 9.24. The molecule has 1 atom stereocenters. The molecule has 0 amide bonds. The van der Waals surface area contributed by atoms with E-state index in [1.165, 1.54) is 25.3 Å². The van der Waals surface area contributed by atoms with Crippen LogP contribution < -0.4 is 10.9 Å². The monoisotopic (exact) mass is 258 g/mol. The lowest BCUT2D eigenvalue weighted by molar-refractivity contribution is 0.162. The summed E-state index contributed by atoms with van der Waals surface area (Å²) in [7, 11) is 0. The number of aliphatic hydroxyl groups is 1. The summed E-state index contributed by atoms with van der Waals surface area (Å²) >= 11 is 0. The number of H-pyrrole nitrogens is 1. The van der Waals surface area contributed by atoms with Crippen molar-refractivity contribution in [2.45, 2.75) is 31.4 Å². The minimum atomic E-state index is -0.546. The minimum absolute atomic E-state index is 0.119. The van der Waals surface area contributed by atoms with E-state index in [9.17, 15) is 9.90 Å². The quantitative estimate of drug-likeness (QED) is 0.782. The second-order valence-corrected chi connectivity index (χ2v) is 5.18. The summed E-state index contributed by atoms with van der Waals surface area (Å²) in [6, 6.07) is 9.46. The van der Waals surface area contributed by atoms with E-state index >= 15 is 0 Å². The average molecular weight is 258 g/mol. The number of fused-ring (bicyclic) bond motifs is 1. The number of pyridine rings is 1. The van der Waals surface area contributed by atoms with Crippen molar-refractivity contribution < 1.29 is 5.11 Å². The molecule has 1 aliphatic rings. The van der Waals surface area contributed by atoms with Crippen LogP contribution in [-0.4, -0.2) is 22.7 Å². The maximum Gasteiger partial charge on any atom is 0.248 e. The zero-order valence-corrected chi connectivity index (χ0v) is 10.7. The maximum atomic E-state index is 11.3. The fraction of sp³-hybridized carbons (Fsp3) is 0.400. The molecule has 2 aromatic rings. The Bertz CT molecular complexity index is 631. The summed E-state index contributed by atoms with van der Waals surface area (Å²) < 4.78 is 0. The van der Waals surface area contributed by atoms with Crippen LogP contribution in [0.5, 0.6) is 0 Å². The first-order valence-corrected chi connectivity index (χ1v) is 6.77. The highest BCUT2D eigenvalue weighted by Gasteiger charge is 2.19. The van der Waals surface area contributed by atoms with E-state index in [-0.39, 0.29) is 5.56 Å². The Balaban J connectivity index is 1.84. The van der Waals surface area contributed by atoms with Gasteiger partial charge in [0.05, 0.1) is 6.10 Å². The van der Waals surface area contributed by atoms with Gasteiger partial charge in [0.2, 0.25) is 5.56 Å². The average Bonchev–Trinajstić information content (AvgIpc) is 2.35. The van der Waals surface area contributed by atoms with Crippen LogP contribution in [0.25, 0.3) is 10.9 Å². The number of benzene rings is 1. The van der Waals surface area contributed by atoms with Crippen LogP contribution in [0.2, 0.25) is 0 Å². The van der Waals surface area contributed by atoms with Gasteiger partial charge in [0, 0.05) is 29.6 Å². The number of aromatic nitrogens is 1. The van der Waals surface area contributed by atoms with Gasteiger partial charge in [0.25, 0.3) is 0 Å². The van der Waals surface area contributed by atoms with Gasteiger partial charge in [-0.15, -0.1) is 0 Å². The first kappa shape index (κ1) is 12.4. The molecule has 1 aliphatic carbocycles. The van der Waals surface area contributed by atoms with Gasteiger partial charge in [-0.05, 0) is 30.5 Å². The molecule has 3 rings (SSSR count). The van der Waals surface area contributed by atoms with Gasteiger partial charge in [0.1, 0.15) is 0 Å². The molecule has 0 saturated heterocycles. The number of hydrogen-bond donors (Lipinski definition) is 3. The Morgan fingerprint density at radius 2 is 2.16 bits per heavy atom. The van der Waals surface area contributed by atoms with Gasteiger partial charge in [-0.25, -0.2) is 0 Å². The fourth-order valence-corrected chi connectivity index (χ4v) is 2.50. The van der Waals surface area contributed by atoms with E-state index in [0.29, 0.717) is 12.6 Å². The SMILES string of the molecule is O=c1ccc2c([C@@H](O)CNC3CCC3)cccc2[nH]1. The number of nitrogens with one attached hydrogen (secondary N) is 2. The summed E-state index contributed by atoms with van der Waals surface area (Å²) in [5, 5.41) is 14.6. The largest absolute Gasteiger partial charge is 0.387 e. The molecule has 1 aromatic heterocycles. The minimum Gasteiger partial charge on any atom is -0.387 e. The third kappa shape index (κ3) is 2.55. The Labute approximate surface area is 111 Å². The van der Waals surface area contributed by atoms with Crippen molar-refractivity contribution in [3.8, 4) is 0 Å². The molecule has 0 unspecified atom stereocenters. The van der Waals surface area contributed by atoms with E-state index in [2.05, 4.69) is 10.3 Å². The highest BCUT2D eigenvalue weighted by atomic mass is 16.3. The molecule has 0 radical (unpaired) electrons. The standard InChI is InChI=1S/C15H18N2O2/c18-14(9-16-10-3-1-4-10)12-5-2-6-13-11(12)7-8-15(19)17-13/h2,5-8,10,14,16,18H,1,3-4,9H2,(H,17,19)/t14-/m0/s1. The van der Waals surface area contributed by atoms with Crippen LogP contribution in [0, 0.1) is 0 Å². The molecule has 1 heterocycles. The van der Waals surface area contributed by atoms with Gasteiger partial charge in [0.15, 0.2) is 0 Å². The maximum absolute atomic E-state index is 11.3. The molecule has 1 fully saturated rings. The predicted molar refractivity (Wildman–Crippen MR) is 75.2 cm³/mol. The van der Waals surface area contributed by atoms with Gasteiger partial charge in [-0.3, -0.25) is 4.79 Å². The topological polar surface area (TPSA) is 65.1 Å². The molecule has 0 spiro atoms. The zero-order valence-electron chi connectivity index (χ0n) is 10.7. The van der Waals surface area contributed by atoms with Crippen molar-refractivity contribution in [3.05, 3.63) is 46.2 Å². The summed E-state index contributed by atoms with van der Waals surface area (Å²) in [5.41, 5.74) is 1.51. The van der Waals surface area contributed by atoms with Crippen LogP contribution in [0.1, 0.15) is 30.9 Å². The van der Waals surface area contributed by atoms with Crippen molar-refractivity contribution in [3.63, 3.8) is 0 Å². The van der Waals surface area contributed by atoms with Crippen LogP contribution in [0.4, 0.5) is 0 Å². The number of aromatic amines is 1. The van der Waals surface area contributed by atoms with Gasteiger partial charge in [-0.2, -0.15) is 0 Å². The van der Waals surface area contributed by atoms with E-state index < -0.39 is 6.10 Å². The fourth-order valence-electron chi connectivity index (χ4n) is 2.50. The molecule has 1 saturated carbocycles. The molecule has 100 valence electrons. The molecule has 0 aliphatic heterocycles. The number of aliphatic hydroxyl groups excluding tert-OH is 1. The highest BCUT2D eigenvalue weighted by Crippen LogP contribution is 2.23. The summed E-state index contributed by atoms with van der Waals surface area (Å²) in [6.45, 7) is 0.558. The molecule has 4 heteroatoms. The molecule has 4 nitrogen and oxygen atoms in total. The molecule has 0 bridgehead atoms. The summed E-state index contributed by atoms with van der Waals surface area (Å²) in [5.74, 6) is 0. The van der Waals surface area contributed by atoms with Gasteiger partial charge >= 0.3 is 0 Å². The Kier molecular flexibility index (Phi) is 3.36. The second kappa shape index (κ2) is 5.15. The lowest BCUT2D eigenvalue weighted by Crippen LogP contribution is -2.37. The van der Waals surface area contributed by atoms with E-state index in [1.807, 2.05) is 18.2 Å². The summed E-state index contributed by atoms with van der Waals surface area (Å²) in [4.78, 5) is 14.1. The van der Waals surface area contributed by atoms with Crippen LogP contribution in [0.3, 0.4) is 0 Å². The van der Waals surface area contributed by atoms with Gasteiger partial charge in [-0.1, -0.05) is 18.6 Å². The Morgan fingerprint density at radius 3 is 2.89 bits per heavy atom. The highest BCUT2D eigenvalue weighted by molar-refractivity contribution is 5.82. The Hall–Kier alpha value is -1.65. The number of hydrogen-bond acceptors (Lipinski definition) is 3. The summed E-state index contributed by atoms with van der Waals surface area (Å²) in [6.07, 6.45) is 3.14. The normalized spacial score (nSPS) is 17.3. The van der Waals surface area contributed by atoms with Crippen molar-refractivity contribution in [1.82, 2.24) is 10.3 Å². The van der Waals surface area contributed by atoms with Crippen molar-refractivity contribution in [1.29, 1.82) is 0 Å². The number of rotatable bonds is 4. The van der Waals surface area contributed by atoms with Gasteiger partial charge < -0.3 is 15.4 Å². The Morgan fingerprint density at radius 1 is 1.32 bits per heavy atom. The van der Waals surface area contributed by atoms with Crippen LogP contribution in [0.15, 0.2) is 35.1 Å². The van der Waals surface area contributed by atoms with Crippen LogP contribution >= 0.6 is 0 Å². The lowest BCUT2D eigenvalue weighted by Gasteiger charge is -2.28. The molecular weight excluding hydrogens is 240 g/mol. The van der Waals surface area contributed by atoms with Crippen molar-refractivity contribution in [2.24, 2.45) is 0 Å². The van der Waals surface area contributed by atoms with E-state index in [0.717, 1.165) is 16.5 Å². The first-order valence-electron chi connectivity index (χ1n) is 6.77. The van der Waals surface area contributed by atoms with E-state index in [4.69, 9.17) is 0 Å². The van der Waals surface area contributed by atoms with Crippen molar-refractivity contribution >= 4 is 10.9 Å². The smallest absolute Gasteiger partial charge is 0.248 e. The van der Waals surface area contributed by atoms with Crippen molar-refractivity contribution in [2.75, 3.05) is 6.54 Å². The lowest BCUT2D eigenvalue weighted by atomic mass is 9.93. The zero-order chi connectivity index (χ0) is 13.2. The molecule has 1 aromatic carbocycles. The molecule has 3 N–H and O–H groups in total.